The van der Waals surface area contributed by atoms with E-state index in [1.165, 1.54) is 0 Å². The van der Waals surface area contributed by atoms with Crippen LogP contribution in [0.25, 0.3) is 22.1 Å². The number of ether oxygens (including phenoxy) is 1. The number of aromatic amines is 1. The zero-order valence-electron chi connectivity index (χ0n) is 12.6. The Hall–Kier alpha value is -1.92. The predicted octanol–water partition coefficient (Wildman–Crippen LogP) is 2.54. The van der Waals surface area contributed by atoms with Crippen LogP contribution in [0.1, 0.15) is 37.5 Å². The van der Waals surface area contributed by atoms with Crippen molar-refractivity contribution in [3.63, 3.8) is 0 Å². The van der Waals surface area contributed by atoms with Crippen LogP contribution in [0.5, 0.6) is 0 Å². The molecule has 116 valence electrons. The third-order valence-corrected chi connectivity index (χ3v) is 4.79. The summed E-state index contributed by atoms with van der Waals surface area (Å²) in [6, 6.07) is 2.39. The summed E-state index contributed by atoms with van der Waals surface area (Å²) in [5.74, 6) is 0.728. The molecule has 22 heavy (non-hydrogen) atoms. The second kappa shape index (κ2) is 5.37. The van der Waals surface area contributed by atoms with Gasteiger partial charge in [0.1, 0.15) is 23.6 Å². The molecule has 0 aromatic carbocycles. The van der Waals surface area contributed by atoms with Crippen molar-refractivity contribution in [2.75, 3.05) is 7.11 Å². The molecule has 4 rings (SSSR count). The summed E-state index contributed by atoms with van der Waals surface area (Å²) in [6.07, 6.45) is 8.23. The first-order valence-corrected chi connectivity index (χ1v) is 7.78. The Balaban J connectivity index is 1.86. The second-order valence-corrected chi connectivity index (χ2v) is 5.95. The van der Waals surface area contributed by atoms with Gasteiger partial charge in [-0.25, -0.2) is 9.97 Å². The van der Waals surface area contributed by atoms with Gasteiger partial charge in [-0.3, -0.25) is 0 Å². The number of hydrogen-bond acceptors (Lipinski definition) is 4. The van der Waals surface area contributed by atoms with Crippen LogP contribution in [0.15, 0.2) is 18.5 Å². The molecule has 0 unspecified atom stereocenters. The molecule has 3 aromatic heterocycles. The molecule has 6 heteroatoms. The Labute approximate surface area is 128 Å². The summed E-state index contributed by atoms with van der Waals surface area (Å²) in [7, 11) is 1.78. The Kier molecular flexibility index (Phi) is 3.35. The van der Waals surface area contributed by atoms with Gasteiger partial charge in [-0.2, -0.15) is 0 Å². The molecule has 0 amide bonds. The number of imidazole rings is 1. The monoisotopic (exact) mass is 300 g/mol. The standard InChI is InChI=1S/C16H20N4O2/c1-22-11-4-2-10(3-5-11)20-14(9-21)19-13-8-18-16-12(15(13)20)6-7-17-16/h6-8,10-11,21H,2-5,9H2,1H3,(H,17,18)/t10-,11-. The first kappa shape index (κ1) is 13.7. The molecule has 0 radical (unpaired) electrons. The number of aliphatic hydroxyl groups excluding tert-OH is 1. The highest BCUT2D eigenvalue weighted by atomic mass is 16.5. The quantitative estimate of drug-likeness (QED) is 0.779. The Morgan fingerprint density at radius 1 is 1.36 bits per heavy atom. The fourth-order valence-corrected chi connectivity index (χ4v) is 3.68. The van der Waals surface area contributed by atoms with E-state index in [4.69, 9.17) is 4.74 Å². The van der Waals surface area contributed by atoms with E-state index in [9.17, 15) is 5.11 Å². The van der Waals surface area contributed by atoms with E-state index < -0.39 is 0 Å². The topological polar surface area (TPSA) is 76.0 Å². The van der Waals surface area contributed by atoms with Gasteiger partial charge in [-0.15, -0.1) is 0 Å². The molecule has 0 aliphatic heterocycles. The van der Waals surface area contributed by atoms with Crippen LogP contribution >= 0.6 is 0 Å². The molecule has 0 atom stereocenters. The lowest BCUT2D eigenvalue weighted by molar-refractivity contribution is 0.0581. The van der Waals surface area contributed by atoms with Gasteiger partial charge in [0, 0.05) is 24.7 Å². The molecule has 0 spiro atoms. The molecule has 2 N–H and O–H groups in total. The van der Waals surface area contributed by atoms with E-state index in [1.807, 2.05) is 12.3 Å². The van der Waals surface area contributed by atoms with Crippen LogP contribution in [0.2, 0.25) is 0 Å². The van der Waals surface area contributed by atoms with E-state index in [2.05, 4.69) is 19.5 Å². The summed E-state index contributed by atoms with van der Waals surface area (Å²) in [4.78, 5) is 12.1. The van der Waals surface area contributed by atoms with Crippen LogP contribution in [-0.4, -0.2) is 37.8 Å². The Morgan fingerprint density at radius 2 is 2.18 bits per heavy atom. The number of aliphatic hydroxyl groups is 1. The van der Waals surface area contributed by atoms with Gasteiger partial charge in [0.25, 0.3) is 0 Å². The number of H-pyrrole nitrogens is 1. The maximum atomic E-state index is 9.73. The van der Waals surface area contributed by atoms with E-state index in [1.54, 1.807) is 13.3 Å². The first-order chi connectivity index (χ1) is 10.8. The predicted molar refractivity (Wildman–Crippen MR) is 83.6 cm³/mol. The Bertz CT molecular complexity index is 799. The summed E-state index contributed by atoms with van der Waals surface area (Å²) in [5.41, 5.74) is 2.80. The third kappa shape index (κ3) is 2.02. The summed E-state index contributed by atoms with van der Waals surface area (Å²) in [5, 5.41) is 10.8. The van der Waals surface area contributed by atoms with Crippen molar-refractivity contribution in [1.82, 2.24) is 19.5 Å². The number of rotatable bonds is 3. The number of hydrogen-bond donors (Lipinski definition) is 2. The largest absolute Gasteiger partial charge is 0.388 e. The molecule has 1 fully saturated rings. The van der Waals surface area contributed by atoms with Gasteiger partial charge in [-0.05, 0) is 31.7 Å². The summed E-state index contributed by atoms with van der Waals surface area (Å²) >= 11 is 0. The van der Waals surface area contributed by atoms with Crippen LogP contribution < -0.4 is 0 Å². The fourth-order valence-electron chi connectivity index (χ4n) is 3.68. The van der Waals surface area contributed by atoms with Crippen molar-refractivity contribution in [2.24, 2.45) is 0 Å². The minimum Gasteiger partial charge on any atom is -0.388 e. The lowest BCUT2D eigenvalue weighted by Crippen LogP contribution is -2.23. The van der Waals surface area contributed by atoms with Crippen molar-refractivity contribution in [3.05, 3.63) is 24.3 Å². The van der Waals surface area contributed by atoms with Crippen LogP contribution in [0.4, 0.5) is 0 Å². The molecular weight excluding hydrogens is 280 g/mol. The van der Waals surface area contributed by atoms with Crippen LogP contribution in [0.3, 0.4) is 0 Å². The van der Waals surface area contributed by atoms with Crippen molar-refractivity contribution in [1.29, 1.82) is 0 Å². The lowest BCUT2D eigenvalue weighted by Gasteiger charge is -2.30. The third-order valence-electron chi connectivity index (χ3n) is 4.79. The highest BCUT2D eigenvalue weighted by Crippen LogP contribution is 2.35. The zero-order valence-corrected chi connectivity index (χ0v) is 12.6. The SMILES string of the molecule is CO[C@H]1CC[C@H](n2c(CO)nc3cnc4[nH]ccc4c32)CC1. The average Bonchev–Trinajstić information content (AvgIpc) is 3.18. The van der Waals surface area contributed by atoms with Gasteiger partial charge < -0.3 is 19.4 Å². The summed E-state index contributed by atoms with van der Waals surface area (Å²) < 4.78 is 7.69. The van der Waals surface area contributed by atoms with E-state index in [0.717, 1.165) is 53.6 Å². The fraction of sp³-hybridized carbons (Fsp3) is 0.500. The zero-order chi connectivity index (χ0) is 15.1. The molecule has 3 aromatic rings. The normalized spacial score (nSPS) is 22.6. The van der Waals surface area contributed by atoms with Gasteiger partial charge in [-0.1, -0.05) is 0 Å². The van der Waals surface area contributed by atoms with Crippen molar-refractivity contribution in [2.45, 2.75) is 44.4 Å². The minimum atomic E-state index is -0.0508. The molecule has 0 saturated heterocycles. The molecular formula is C16H20N4O2. The van der Waals surface area contributed by atoms with Gasteiger partial charge in [0.2, 0.25) is 0 Å². The molecule has 1 saturated carbocycles. The molecule has 0 bridgehead atoms. The second-order valence-electron chi connectivity index (χ2n) is 5.95. The average molecular weight is 300 g/mol. The summed E-state index contributed by atoms with van der Waals surface area (Å²) in [6.45, 7) is -0.0508. The van der Waals surface area contributed by atoms with E-state index in [0.29, 0.717) is 12.1 Å². The van der Waals surface area contributed by atoms with Crippen LogP contribution in [0, 0.1) is 0 Å². The maximum Gasteiger partial charge on any atom is 0.139 e. The first-order valence-electron chi connectivity index (χ1n) is 7.78. The van der Waals surface area contributed by atoms with E-state index in [-0.39, 0.29) is 6.61 Å². The molecule has 6 nitrogen and oxygen atoms in total. The molecule has 1 aliphatic rings. The lowest BCUT2D eigenvalue weighted by atomic mass is 9.92. The highest BCUT2D eigenvalue weighted by molar-refractivity contribution is 6.01. The van der Waals surface area contributed by atoms with Gasteiger partial charge in [0.05, 0.1) is 17.8 Å². The number of nitrogens with one attached hydrogen (secondary N) is 1. The Morgan fingerprint density at radius 3 is 2.91 bits per heavy atom. The van der Waals surface area contributed by atoms with Crippen molar-refractivity contribution in [3.8, 4) is 0 Å². The number of methoxy groups -OCH3 is 1. The number of fused-ring (bicyclic) bond motifs is 3. The minimum absolute atomic E-state index is 0.0508. The maximum absolute atomic E-state index is 9.73. The molecule has 3 heterocycles. The number of aromatic nitrogens is 4. The smallest absolute Gasteiger partial charge is 0.139 e. The van der Waals surface area contributed by atoms with Gasteiger partial charge >= 0.3 is 0 Å². The van der Waals surface area contributed by atoms with Crippen molar-refractivity contribution < 1.29 is 9.84 Å². The molecule has 1 aliphatic carbocycles. The van der Waals surface area contributed by atoms with Crippen LogP contribution in [-0.2, 0) is 11.3 Å². The van der Waals surface area contributed by atoms with Gasteiger partial charge in [0.15, 0.2) is 0 Å². The number of pyridine rings is 1. The van der Waals surface area contributed by atoms with Crippen molar-refractivity contribution >= 4 is 22.1 Å². The van der Waals surface area contributed by atoms with E-state index >= 15 is 0 Å². The highest BCUT2D eigenvalue weighted by Gasteiger charge is 2.26. The number of nitrogens with zero attached hydrogens (tertiary/aromatic N) is 3.